The molecule has 0 amide bonds. The van der Waals surface area contributed by atoms with Crippen LogP contribution in [0.15, 0.2) is 54.7 Å². The fraction of sp³-hybridized carbons (Fsp3) is 0. The molecule has 1 N–H and O–H groups in total. The zero-order chi connectivity index (χ0) is 13.1. The maximum Gasteiger partial charge on any atom is 0.0910 e. The Bertz CT molecular complexity index is 1010. The minimum atomic E-state index is 1.10. The van der Waals surface area contributed by atoms with Crippen LogP contribution in [-0.2, 0) is 0 Å². The second-order valence-corrected chi connectivity index (χ2v) is 6.05. The van der Waals surface area contributed by atoms with Gasteiger partial charge in [-0.2, -0.15) is 0 Å². The summed E-state index contributed by atoms with van der Waals surface area (Å²) in [5, 5.41) is 3.70. The third-order valence-corrected chi connectivity index (χ3v) is 5.04. The molecule has 0 saturated heterocycles. The van der Waals surface area contributed by atoms with Crippen molar-refractivity contribution in [3.63, 3.8) is 0 Å². The molecule has 0 saturated carbocycles. The number of fused-ring (bicyclic) bond motifs is 7. The van der Waals surface area contributed by atoms with Gasteiger partial charge in [0.15, 0.2) is 0 Å². The lowest BCUT2D eigenvalue weighted by atomic mass is 10.2. The topological polar surface area (TPSA) is 28.7 Å². The van der Waals surface area contributed by atoms with Crippen LogP contribution in [0.3, 0.4) is 0 Å². The van der Waals surface area contributed by atoms with Crippen molar-refractivity contribution in [1.29, 1.82) is 0 Å². The first-order valence-corrected chi connectivity index (χ1v) is 7.40. The molecule has 5 rings (SSSR count). The third-order valence-electron chi connectivity index (χ3n) is 3.87. The van der Waals surface area contributed by atoms with E-state index >= 15 is 0 Å². The molecule has 3 aromatic heterocycles. The lowest BCUT2D eigenvalue weighted by Crippen LogP contribution is -1.75. The van der Waals surface area contributed by atoms with E-state index in [1.54, 1.807) is 0 Å². The van der Waals surface area contributed by atoms with Crippen molar-refractivity contribution in [3.05, 3.63) is 54.7 Å². The van der Waals surface area contributed by atoms with Gasteiger partial charge in [0.25, 0.3) is 0 Å². The lowest BCUT2D eigenvalue weighted by molar-refractivity contribution is 1.47. The Morgan fingerprint density at radius 2 is 1.65 bits per heavy atom. The standard InChI is InChI=1S/C17H10N2S/c1-3-7-13-10(5-1)12-9-18-15-11-6-2-4-8-14(11)20-17(15)16(12)19-13/h1-9,19H. The third kappa shape index (κ3) is 1.20. The number of hydrogen-bond acceptors (Lipinski definition) is 2. The zero-order valence-corrected chi connectivity index (χ0v) is 11.4. The number of benzene rings is 2. The first-order valence-electron chi connectivity index (χ1n) is 6.58. The summed E-state index contributed by atoms with van der Waals surface area (Å²) in [5.41, 5.74) is 3.48. The van der Waals surface area contributed by atoms with Crippen LogP contribution in [0.4, 0.5) is 0 Å². The highest BCUT2D eigenvalue weighted by atomic mass is 32.1. The maximum atomic E-state index is 4.71. The molecule has 0 spiro atoms. The molecule has 2 nitrogen and oxygen atoms in total. The van der Waals surface area contributed by atoms with E-state index < -0.39 is 0 Å². The predicted molar refractivity (Wildman–Crippen MR) is 86.5 cm³/mol. The van der Waals surface area contributed by atoms with Gasteiger partial charge >= 0.3 is 0 Å². The molecule has 0 aliphatic carbocycles. The van der Waals surface area contributed by atoms with Crippen molar-refractivity contribution in [3.8, 4) is 0 Å². The molecule has 0 aliphatic rings. The Kier molecular flexibility index (Phi) is 1.86. The molecule has 0 bridgehead atoms. The molecular formula is C17H10N2S. The van der Waals surface area contributed by atoms with E-state index in [1.165, 1.54) is 36.6 Å². The van der Waals surface area contributed by atoms with E-state index in [0.29, 0.717) is 0 Å². The summed E-state index contributed by atoms with van der Waals surface area (Å²) >= 11 is 1.81. The highest BCUT2D eigenvalue weighted by molar-refractivity contribution is 7.26. The second-order valence-electron chi connectivity index (χ2n) is 4.99. The van der Waals surface area contributed by atoms with Crippen LogP contribution >= 0.6 is 11.3 Å². The van der Waals surface area contributed by atoms with E-state index in [9.17, 15) is 0 Å². The van der Waals surface area contributed by atoms with Crippen molar-refractivity contribution >= 4 is 53.4 Å². The molecular weight excluding hydrogens is 264 g/mol. The van der Waals surface area contributed by atoms with E-state index in [0.717, 1.165) is 5.52 Å². The van der Waals surface area contributed by atoms with E-state index in [4.69, 9.17) is 4.98 Å². The Labute approximate surface area is 118 Å². The molecule has 2 aromatic carbocycles. The van der Waals surface area contributed by atoms with Gasteiger partial charge in [-0.1, -0.05) is 36.4 Å². The lowest BCUT2D eigenvalue weighted by Gasteiger charge is -1.93. The zero-order valence-electron chi connectivity index (χ0n) is 10.6. The van der Waals surface area contributed by atoms with Gasteiger partial charge in [0.05, 0.1) is 15.7 Å². The van der Waals surface area contributed by atoms with Crippen LogP contribution in [0.25, 0.3) is 42.1 Å². The van der Waals surface area contributed by atoms with Crippen LogP contribution in [0.2, 0.25) is 0 Å². The molecule has 20 heavy (non-hydrogen) atoms. The first kappa shape index (κ1) is 10.4. The minimum Gasteiger partial charge on any atom is -0.353 e. The normalized spacial score (nSPS) is 12.0. The second kappa shape index (κ2) is 3.58. The van der Waals surface area contributed by atoms with Crippen molar-refractivity contribution in [1.82, 2.24) is 9.97 Å². The Morgan fingerprint density at radius 3 is 2.60 bits per heavy atom. The number of rotatable bonds is 0. The van der Waals surface area contributed by atoms with Crippen molar-refractivity contribution < 1.29 is 0 Å². The number of para-hydroxylation sites is 1. The Hall–Kier alpha value is -2.39. The van der Waals surface area contributed by atoms with Gasteiger partial charge in [-0.05, 0) is 12.1 Å². The van der Waals surface area contributed by atoms with Gasteiger partial charge in [0.2, 0.25) is 0 Å². The van der Waals surface area contributed by atoms with Crippen molar-refractivity contribution in [2.75, 3.05) is 0 Å². The Balaban J connectivity index is 2.10. The molecule has 0 fully saturated rings. The summed E-state index contributed by atoms with van der Waals surface area (Å²) in [6, 6.07) is 16.9. The number of nitrogens with zero attached hydrogens (tertiary/aromatic N) is 1. The van der Waals surface area contributed by atoms with Crippen LogP contribution in [0, 0.1) is 0 Å². The SMILES string of the molecule is c1ccc2c(c1)[nH]c1c2cnc2c3ccccc3sc21. The van der Waals surface area contributed by atoms with E-state index in [1.807, 2.05) is 17.5 Å². The van der Waals surface area contributed by atoms with Gasteiger partial charge in [0.1, 0.15) is 0 Å². The number of thiophene rings is 1. The molecule has 0 aliphatic heterocycles. The van der Waals surface area contributed by atoms with Gasteiger partial charge < -0.3 is 4.98 Å². The van der Waals surface area contributed by atoms with Crippen LogP contribution in [0.5, 0.6) is 0 Å². The summed E-state index contributed by atoms with van der Waals surface area (Å²) in [6.45, 7) is 0. The molecule has 0 atom stereocenters. The van der Waals surface area contributed by atoms with E-state index in [-0.39, 0.29) is 0 Å². The highest BCUT2D eigenvalue weighted by Crippen LogP contribution is 2.38. The summed E-state index contributed by atoms with van der Waals surface area (Å²) in [7, 11) is 0. The Morgan fingerprint density at radius 1 is 0.850 bits per heavy atom. The first-order chi connectivity index (χ1) is 9.92. The summed E-state index contributed by atoms with van der Waals surface area (Å²) < 4.78 is 2.54. The minimum absolute atomic E-state index is 1.10. The molecule has 0 unspecified atom stereocenters. The largest absolute Gasteiger partial charge is 0.353 e. The fourth-order valence-corrected chi connectivity index (χ4v) is 4.10. The highest BCUT2D eigenvalue weighted by Gasteiger charge is 2.12. The van der Waals surface area contributed by atoms with Crippen LogP contribution in [-0.4, -0.2) is 9.97 Å². The van der Waals surface area contributed by atoms with Gasteiger partial charge in [-0.25, -0.2) is 0 Å². The summed E-state index contributed by atoms with van der Waals surface area (Å²) in [6.07, 6.45) is 2.00. The number of H-pyrrole nitrogens is 1. The van der Waals surface area contributed by atoms with Crippen LogP contribution < -0.4 is 0 Å². The van der Waals surface area contributed by atoms with Gasteiger partial charge in [-0.15, -0.1) is 11.3 Å². The maximum absolute atomic E-state index is 4.71. The molecule has 0 radical (unpaired) electrons. The number of hydrogen-bond donors (Lipinski definition) is 1. The fourth-order valence-electron chi connectivity index (χ4n) is 2.94. The van der Waals surface area contributed by atoms with Gasteiger partial charge in [-0.3, -0.25) is 4.98 Å². The number of pyridine rings is 1. The van der Waals surface area contributed by atoms with Gasteiger partial charge in [0, 0.05) is 32.6 Å². The molecule has 3 heteroatoms. The number of aromatic nitrogens is 2. The van der Waals surface area contributed by atoms with Crippen LogP contribution in [0.1, 0.15) is 0 Å². The van der Waals surface area contributed by atoms with Crippen molar-refractivity contribution in [2.24, 2.45) is 0 Å². The van der Waals surface area contributed by atoms with E-state index in [2.05, 4.69) is 53.5 Å². The number of nitrogens with one attached hydrogen (secondary N) is 1. The summed E-state index contributed by atoms with van der Waals surface area (Å²) in [4.78, 5) is 8.26. The number of aromatic amines is 1. The smallest absolute Gasteiger partial charge is 0.0910 e. The predicted octanol–water partition coefficient (Wildman–Crippen LogP) is 5.08. The molecule has 3 heterocycles. The quantitative estimate of drug-likeness (QED) is 0.419. The molecule has 94 valence electrons. The monoisotopic (exact) mass is 274 g/mol. The van der Waals surface area contributed by atoms with Crippen molar-refractivity contribution in [2.45, 2.75) is 0 Å². The average Bonchev–Trinajstić information content (AvgIpc) is 3.05. The summed E-state index contributed by atoms with van der Waals surface area (Å²) in [5.74, 6) is 0. The molecule has 5 aromatic rings. The average molecular weight is 274 g/mol.